The first kappa shape index (κ1) is 11.4. The van der Waals surface area contributed by atoms with Crippen LogP contribution in [-0.2, 0) is 4.79 Å². The summed E-state index contributed by atoms with van der Waals surface area (Å²) in [6.07, 6.45) is 1.40. The fourth-order valence-corrected chi connectivity index (χ4v) is 1.30. The van der Waals surface area contributed by atoms with E-state index in [9.17, 15) is 9.59 Å². The van der Waals surface area contributed by atoms with Crippen LogP contribution in [0.2, 0.25) is 5.02 Å². The Morgan fingerprint density at radius 2 is 2.13 bits per heavy atom. The first-order valence-electron chi connectivity index (χ1n) is 4.15. The number of rotatable bonds is 2. The number of aliphatic imine (C=N–C) groups is 1. The van der Waals surface area contributed by atoms with Crippen molar-refractivity contribution in [2.75, 3.05) is 14.1 Å². The molecule has 0 radical (unpaired) electrons. The third-order valence-electron chi connectivity index (χ3n) is 1.76. The van der Waals surface area contributed by atoms with Gasteiger partial charge in [0.05, 0.1) is 16.3 Å². The molecule has 0 N–H and O–H groups in total. The zero-order valence-electron chi connectivity index (χ0n) is 8.32. The molecule has 0 fully saturated rings. The third kappa shape index (κ3) is 2.65. The molecule has 1 aromatic carbocycles. The summed E-state index contributed by atoms with van der Waals surface area (Å²) < 4.78 is 0. The summed E-state index contributed by atoms with van der Waals surface area (Å²) in [5.74, 6) is -0.193. The molecule has 0 spiro atoms. The van der Waals surface area contributed by atoms with Crippen molar-refractivity contribution in [3.8, 4) is 0 Å². The fourth-order valence-electron chi connectivity index (χ4n) is 1.04. The Balaban J connectivity index is 3.13. The van der Waals surface area contributed by atoms with Crippen molar-refractivity contribution in [1.29, 1.82) is 0 Å². The number of carbonyl (C=O) groups is 1. The van der Waals surface area contributed by atoms with Crippen LogP contribution < -0.4 is 0 Å². The van der Waals surface area contributed by atoms with E-state index in [1.54, 1.807) is 14.1 Å². The van der Waals surface area contributed by atoms with Gasteiger partial charge in [0.1, 0.15) is 0 Å². The molecule has 0 heterocycles. The van der Waals surface area contributed by atoms with Crippen LogP contribution in [0.4, 0.5) is 5.69 Å². The molecular formula is C10H9ClN2O2. The summed E-state index contributed by atoms with van der Waals surface area (Å²) in [4.78, 5) is 26.4. The number of hydrogen-bond donors (Lipinski definition) is 0. The van der Waals surface area contributed by atoms with E-state index in [-0.39, 0.29) is 10.9 Å². The molecule has 1 rings (SSSR count). The molecular weight excluding hydrogens is 216 g/mol. The van der Waals surface area contributed by atoms with Crippen molar-refractivity contribution in [2.24, 2.45) is 4.99 Å². The molecule has 0 aliphatic carbocycles. The maximum absolute atomic E-state index is 11.6. The highest BCUT2D eigenvalue weighted by atomic mass is 35.5. The highest BCUT2D eigenvalue weighted by Gasteiger charge is 2.12. The van der Waals surface area contributed by atoms with Gasteiger partial charge in [0.25, 0.3) is 5.91 Å². The number of isocyanates is 1. The van der Waals surface area contributed by atoms with Gasteiger partial charge >= 0.3 is 0 Å². The van der Waals surface area contributed by atoms with E-state index in [1.807, 2.05) is 0 Å². The van der Waals surface area contributed by atoms with E-state index in [1.165, 1.54) is 29.2 Å². The van der Waals surface area contributed by atoms with Gasteiger partial charge in [-0.25, -0.2) is 4.79 Å². The largest absolute Gasteiger partial charge is 0.345 e. The molecule has 0 aromatic heterocycles. The average Bonchev–Trinajstić information content (AvgIpc) is 2.17. The molecule has 0 saturated heterocycles. The maximum atomic E-state index is 11.6. The normalized spacial score (nSPS) is 9.27. The number of hydrogen-bond acceptors (Lipinski definition) is 3. The minimum Gasteiger partial charge on any atom is -0.345 e. The Kier molecular flexibility index (Phi) is 3.61. The predicted octanol–water partition coefficient (Wildman–Crippen LogP) is 2.01. The van der Waals surface area contributed by atoms with Crippen LogP contribution in [0, 0.1) is 0 Å². The zero-order valence-corrected chi connectivity index (χ0v) is 9.08. The van der Waals surface area contributed by atoms with Gasteiger partial charge in [-0.3, -0.25) is 4.79 Å². The van der Waals surface area contributed by atoms with E-state index in [0.29, 0.717) is 11.3 Å². The van der Waals surface area contributed by atoms with Crippen LogP contribution >= 0.6 is 11.6 Å². The fraction of sp³-hybridized carbons (Fsp3) is 0.200. The second-order valence-electron chi connectivity index (χ2n) is 3.07. The Morgan fingerprint density at radius 1 is 1.47 bits per heavy atom. The molecule has 0 aliphatic heterocycles. The lowest BCUT2D eigenvalue weighted by Crippen LogP contribution is -2.21. The standard InChI is InChI=1S/C10H9ClN2O2/c1-13(2)10(15)8-4-3-7(12-6-14)5-9(8)11/h3-5H,1-2H3. The zero-order chi connectivity index (χ0) is 11.4. The molecule has 0 unspecified atom stereocenters. The number of benzene rings is 1. The van der Waals surface area contributed by atoms with Gasteiger partial charge in [0.2, 0.25) is 6.08 Å². The molecule has 0 bridgehead atoms. The minimum absolute atomic E-state index is 0.193. The molecule has 15 heavy (non-hydrogen) atoms. The van der Waals surface area contributed by atoms with E-state index in [0.717, 1.165) is 0 Å². The summed E-state index contributed by atoms with van der Waals surface area (Å²) in [5.41, 5.74) is 0.761. The molecule has 0 atom stereocenters. The van der Waals surface area contributed by atoms with Crippen molar-refractivity contribution in [2.45, 2.75) is 0 Å². The van der Waals surface area contributed by atoms with E-state index in [4.69, 9.17) is 11.6 Å². The second kappa shape index (κ2) is 4.73. The number of amides is 1. The Hall–Kier alpha value is -1.64. The molecule has 78 valence electrons. The topological polar surface area (TPSA) is 49.7 Å². The Morgan fingerprint density at radius 3 is 2.60 bits per heavy atom. The van der Waals surface area contributed by atoms with Gasteiger partial charge in [-0.15, -0.1) is 0 Å². The lowest BCUT2D eigenvalue weighted by atomic mass is 10.2. The molecule has 1 aromatic rings. The summed E-state index contributed by atoms with van der Waals surface area (Å²) in [6.45, 7) is 0. The quantitative estimate of drug-likeness (QED) is 0.570. The third-order valence-corrected chi connectivity index (χ3v) is 2.08. The van der Waals surface area contributed by atoms with Gasteiger partial charge in [0.15, 0.2) is 0 Å². The molecule has 5 heteroatoms. The number of carbonyl (C=O) groups excluding carboxylic acids is 2. The molecule has 0 aliphatic rings. The van der Waals surface area contributed by atoms with Crippen LogP contribution in [0.3, 0.4) is 0 Å². The summed E-state index contributed by atoms with van der Waals surface area (Å²) in [5, 5.41) is 0.269. The van der Waals surface area contributed by atoms with Crippen molar-refractivity contribution >= 4 is 29.3 Å². The smallest absolute Gasteiger partial charge is 0.254 e. The number of halogens is 1. The number of nitrogens with zero attached hydrogens (tertiary/aromatic N) is 2. The van der Waals surface area contributed by atoms with E-state index in [2.05, 4.69) is 4.99 Å². The summed E-state index contributed by atoms with van der Waals surface area (Å²) in [6, 6.07) is 4.51. The van der Waals surface area contributed by atoms with Crippen molar-refractivity contribution < 1.29 is 9.59 Å². The monoisotopic (exact) mass is 224 g/mol. The lowest BCUT2D eigenvalue weighted by molar-refractivity contribution is 0.0828. The molecule has 1 amide bonds. The summed E-state index contributed by atoms with van der Waals surface area (Å²) in [7, 11) is 3.27. The highest BCUT2D eigenvalue weighted by Crippen LogP contribution is 2.23. The predicted molar refractivity (Wildman–Crippen MR) is 57.3 cm³/mol. The SMILES string of the molecule is CN(C)C(=O)c1ccc(N=C=O)cc1Cl. The van der Waals surface area contributed by atoms with E-state index < -0.39 is 0 Å². The van der Waals surface area contributed by atoms with Crippen LogP contribution in [0.15, 0.2) is 23.2 Å². The molecule has 0 saturated carbocycles. The van der Waals surface area contributed by atoms with Crippen molar-refractivity contribution in [1.82, 2.24) is 4.90 Å². The van der Waals surface area contributed by atoms with Gasteiger partial charge in [0, 0.05) is 14.1 Å². The second-order valence-corrected chi connectivity index (χ2v) is 3.47. The van der Waals surface area contributed by atoms with Gasteiger partial charge < -0.3 is 4.90 Å². The van der Waals surface area contributed by atoms with Crippen LogP contribution in [-0.4, -0.2) is 31.0 Å². The lowest BCUT2D eigenvalue weighted by Gasteiger charge is -2.11. The maximum Gasteiger partial charge on any atom is 0.254 e. The average molecular weight is 225 g/mol. The van der Waals surface area contributed by atoms with Crippen LogP contribution in [0.1, 0.15) is 10.4 Å². The Labute approximate surface area is 92.2 Å². The van der Waals surface area contributed by atoms with Crippen molar-refractivity contribution in [3.05, 3.63) is 28.8 Å². The minimum atomic E-state index is -0.193. The Bertz CT molecular complexity index is 437. The first-order valence-corrected chi connectivity index (χ1v) is 4.53. The van der Waals surface area contributed by atoms with E-state index >= 15 is 0 Å². The summed E-state index contributed by atoms with van der Waals surface area (Å²) >= 11 is 5.87. The van der Waals surface area contributed by atoms with Crippen LogP contribution in [0.5, 0.6) is 0 Å². The highest BCUT2D eigenvalue weighted by molar-refractivity contribution is 6.34. The van der Waals surface area contributed by atoms with Crippen molar-refractivity contribution in [3.63, 3.8) is 0 Å². The molecule has 4 nitrogen and oxygen atoms in total. The van der Waals surface area contributed by atoms with Gasteiger partial charge in [-0.1, -0.05) is 11.6 Å². The van der Waals surface area contributed by atoms with Gasteiger partial charge in [-0.05, 0) is 18.2 Å². The van der Waals surface area contributed by atoms with Gasteiger partial charge in [-0.2, -0.15) is 4.99 Å². The van der Waals surface area contributed by atoms with Crippen LogP contribution in [0.25, 0.3) is 0 Å². The first-order chi connectivity index (χ1) is 7.06.